The van der Waals surface area contributed by atoms with Gasteiger partial charge in [-0.2, -0.15) is 0 Å². The van der Waals surface area contributed by atoms with Crippen LogP contribution < -0.4 is 5.73 Å². The summed E-state index contributed by atoms with van der Waals surface area (Å²) in [7, 11) is 0. The number of non-ortho nitro benzene ring substituents is 1. The van der Waals surface area contributed by atoms with Crippen LogP contribution in [0.5, 0.6) is 0 Å². The summed E-state index contributed by atoms with van der Waals surface area (Å²) in [5.41, 5.74) is 7.25. The first kappa shape index (κ1) is 13.2. The molecular weight excluding hydrogens is 246 g/mol. The largest absolute Gasteiger partial charge is 0.330 e. The van der Waals surface area contributed by atoms with Gasteiger partial charge >= 0.3 is 0 Å². The molecule has 2 aromatic rings. The van der Waals surface area contributed by atoms with Gasteiger partial charge in [0.05, 0.1) is 16.8 Å². The van der Waals surface area contributed by atoms with Crippen molar-refractivity contribution in [1.82, 2.24) is 15.0 Å². The van der Waals surface area contributed by atoms with Gasteiger partial charge in [0.25, 0.3) is 5.69 Å². The van der Waals surface area contributed by atoms with Crippen LogP contribution >= 0.6 is 0 Å². The molecule has 7 heteroatoms. The molecule has 0 radical (unpaired) electrons. The Kier molecular flexibility index (Phi) is 4.19. The summed E-state index contributed by atoms with van der Waals surface area (Å²) in [4.78, 5) is 10.2. The number of rotatable bonds is 6. The third-order valence-corrected chi connectivity index (χ3v) is 2.82. The van der Waals surface area contributed by atoms with Crippen LogP contribution in [0, 0.1) is 10.1 Å². The van der Waals surface area contributed by atoms with Gasteiger partial charge < -0.3 is 5.73 Å². The van der Waals surface area contributed by atoms with Gasteiger partial charge in [0, 0.05) is 24.2 Å². The van der Waals surface area contributed by atoms with Crippen molar-refractivity contribution in [2.45, 2.75) is 19.4 Å². The van der Waals surface area contributed by atoms with E-state index >= 15 is 0 Å². The smallest absolute Gasteiger partial charge is 0.269 e. The summed E-state index contributed by atoms with van der Waals surface area (Å²) < 4.78 is 1.79. The second kappa shape index (κ2) is 6.05. The highest BCUT2D eigenvalue weighted by Crippen LogP contribution is 2.21. The highest BCUT2D eigenvalue weighted by Gasteiger charge is 2.09. The van der Waals surface area contributed by atoms with Gasteiger partial charge in [-0.1, -0.05) is 5.21 Å². The van der Waals surface area contributed by atoms with Gasteiger partial charge in [0.1, 0.15) is 0 Å². The number of hydrogen-bond donors (Lipinski definition) is 1. The average Bonchev–Trinajstić information content (AvgIpc) is 2.87. The van der Waals surface area contributed by atoms with Crippen LogP contribution in [0.3, 0.4) is 0 Å². The quantitative estimate of drug-likeness (QED) is 0.483. The van der Waals surface area contributed by atoms with Gasteiger partial charge in [0.2, 0.25) is 0 Å². The zero-order valence-electron chi connectivity index (χ0n) is 10.4. The number of nitro benzene ring substituents is 1. The summed E-state index contributed by atoms with van der Waals surface area (Å²) in [6, 6.07) is 6.37. The predicted molar refractivity (Wildman–Crippen MR) is 70.4 cm³/mol. The molecular formula is C12H15N5O2. The maximum absolute atomic E-state index is 10.6. The molecule has 0 aliphatic heterocycles. The summed E-state index contributed by atoms with van der Waals surface area (Å²) in [5, 5.41) is 18.5. The number of benzene rings is 1. The van der Waals surface area contributed by atoms with Crippen molar-refractivity contribution in [1.29, 1.82) is 0 Å². The lowest BCUT2D eigenvalue weighted by molar-refractivity contribution is -0.384. The average molecular weight is 261 g/mol. The van der Waals surface area contributed by atoms with Crippen LogP contribution in [0.2, 0.25) is 0 Å². The summed E-state index contributed by atoms with van der Waals surface area (Å²) in [6.45, 7) is 1.39. The summed E-state index contributed by atoms with van der Waals surface area (Å²) in [5.74, 6) is 0. The highest BCUT2D eigenvalue weighted by atomic mass is 16.6. The second-order valence-electron chi connectivity index (χ2n) is 4.14. The molecule has 1 heterocycles. The topological polar surface area (TPSA) is 99.9 Å². The first-order valence-corrected chi connectivity index (χ1v) is 6.06. The van der Waals surface area contributed by atoms with E-state index in [2.05, 4.69) is 10.3 Å². The van der Waals surface area contributed by atoms with Crippen LogP contribution in [0.4, 0.5) is 5.69 Å². The standard InChI is InChI=1S/C12H15N5O2/c13-7-1-2-8-16-12(9-14-15-16)10-3-5-11(6-4-10)17(18)19/h3-6,9H,1-2,7-8,13H2. The van der Waals surface area contributed by atoms with Gasteiger partial charge in [0.15, 0.2) is 0 Å². The second-order valence-corrected chi connectivity index (χ2v) is 4.14. The number of hydrogen-bond acceptors (Lipinski definition) is 5. The predicted octanol–water partition coefficient (Wildman–Crippen LogP) is 1.59. The Morgan fingerprint density at radius 3 is 2.63 bits per heavy atom. The maximum Gasteiger partial charge on any atom is 0.269 e. The molecule has 100 valence electrons. The van der Waals surface area contributed by atoms with Crippen molar-refractivity contribution in [2.75, 3.05) is 6.54 Å². The van der Waals surface area contributed by atoms with E-state index in [0.29, 0.717) is 6.54 Å². The van der Waals surface area contributed by atoms with Crippen molar-refractivity contribution >= 4 is 5.69 Å². The molecule has 0 fully saturated rings. The highest BCUT2D eigenvalue weighted by molar-refractivity contribution is 5.60. The zero-order valence-corrected chi connectivity index (χ0v) is 10.4. The fourth-order valence-electron chi connectivity index (χ4n) is 1.81. The van der Waals surface area contributed by atoms with Crippen LogP contribution in [0.1, 0.15) is 12.8 Å². The molecule has 0 saturated heterocycles. The Bertz CT molecular complexity index is 550. The Morgan fingerprint density at radius 1 is 1.26 bits per heavy atom. The molecule has 0 aliphatic carbocycles. The van der Waals surface area contributed by atoms with Crippen molar-refractivity contribution in [3.63, 3.8) is 0 Å². The summed E-state index contributed by atoms with van der Waals surface area (Å²) >= 11 is 0. The minimum absolute atomic E-state index is 0.0749. The summed E-state index contributed by atoms with van der Waals surface area (Å²) in [6.07, 6.45) is 3.52. The van der Waals surface area contributed by atoms with Crippen molar-refractivity contribution < 1.29 is 4.92 Å². The van der Waals surface area contributed by atoms with Crippen molar-refractivity contribution in [2.24, 2.45) is 5.73 Å². The Morgan fingerprint density at radius 2 is 2.00 bits per heavy atom. The Hall–Kier alpha value is -2.28. The van der Waals surface area contributed by atoms with E-state index in [1.165, 1.54) is 12.1 Å². The molecule has 2 N–H and O–H groups in total. The molecule has 0 unspecified atom stereocenters. The fraction of sp³-hybridized carbons (Fsp3) is 0.333. The van der Waals surface area contributed by atoms with Crippen LogP contribution in [0.25, 0.3) is 11.3 Å². The number of nitro groups is 1. The van der Waals surface area contributed by atoms with Gasteiger partial charge in [-0.3, -0.25) is 10.1 Å². The number of aromatic nitrogens is 3. The van der Waals surface area contributed by atoms with Gasteiger partial charge in [-0.15, -0.1) is 5.10 Å². The fourth-order valence-corrected chi connectivity index (χ4v) is 1.81. The zero-order chi connectivity index (χ0) is 13.7. The van der Waals surface area contributed by atoms with Crippen molar-refractivity contribution in [3.8, 4) is 11.3 Å². The lowest BCUT2D eigenvalue weighted by Gasteiger charge is -2.05. The monoisotopic (exact) mass is 261 g/mol. The molecule has 2 rings (SSSR count). The molecule has 0 spiro atoms. The molecule has 0 saturated carbocycles. The molecule has 0 amide bonds. The number of nitrogens with two attached hydrogens (primary N) is 1. The van der Waals surface area contributed by atoms with Crippen LogP contribution in [-0.4, -0.2) is 26.5 Å². The van der Waals surface area contributed by atoms with E-state index in [1.54, 1.807) is 23.0 Å². The van der Waals surface area contributed by atoms with Gasteiger partial charge in [-0.25, -0.2) is 4.68 Å². The first-order valence-electron chi connectivity index (χ1n) is 6.06. The SMILES string of the molecule is NCCCCn1nncc1-c1ccc([N+](=O)[O-])cc1. The Labute approximate surface area is 110 Å². The molecule has 7 nitrogen and oxygen atoms in total. The van der Waals surface area contributed by atoms with Crippen molar-refractivity contribution in [3.05, 3.63) is 40.6 Å². The van der Waals surface area contributed by atoms with Gasteiger partial charge in [-0.05, 0) is 31.5 Å². The Balaban J connectivity index is 2.17. The molecule has 1 aromatic heterocycles. The van der Waals surface area contributed by atoms with E-state index in [4.69, 9.17) is 5.73 Å². The van der Waals surface area contributed by atoms with E-state index < -0.39 is 4.92 Å². The minimum Gasteiger partial charge on any atom is -0.330 e. The minimum atomic E-state index is -0.416. The lowest BCUT2D eigenvalue weighted by Crippen LogP contribution is -2.06. The van der Waals surface area contributed by atoms with E-state index in [1.807, 2.05) is 0 Å². The lowest BCUT2D eigenvalue weighted by atomic mass is 10.1. The number of unbranched alkanes of at least 4 members (excludes halogenated alkanes) is 1. The van der Waals surface area contributed by atoms with Crippen LogP contribution in [-0.2, 0) is 6.54 Å². The number of aryl methyl sites for hydroxylation is 1. The molecule has 1 aromatic carbocycles. The van der Waals surface area contributed by atoms with E-state index in [-0.39, 0.29) is 5.69 Å². The van der Waals surface area contributed by atoms with E-state index in [9.17, 15) is 10.1 Å². The van der Waals surface area contributed by atoms with Crippen LogP contribution in [0.15, 0.2) is 30.5 Å². The third-order valence-electron chi connectivity index (χ3n) is 2.82. The normalized spacial score (nSPS) is 10.6. The third kappa shape index (κ3) is 3.14. The molecule has 19 heavy (non-hydrogen) atoms. The molecule has 0 atom stereocenters. The molecule has 0 aliphatic rings. The van der Waals surface area contributed by atoms with E-state index in [0.717, 1.165) is 30.6 Å². The maximum atomic E-state index is 10.6. The first-order chi connectivity index (χ1) is 9.22. The molecule has 0 bridgehead atoms. The number of nitrogens with zero attached hydrogens (tertiary/aromatic N) is 4.